The molecule has 0 aromatic carbocycles. The van der Waals surface area contributed by atoms with E-state index in [1.54, 1.807) is 0 Å². The van der Waals surface area contributed by atoms with Gasteiger partial charge in [0.25, 0.3) is 0 Å². The number of hydrogen-bond acceptors (Lipinski definition) is 5. The number of ether oxygens (including phenoxy) is 1. The first-order valence-electron chi connectivity index (χ1n) is 20.6. The Kier molecular flexibility index (Phi) is 36.0. The highest BCUT2D eigenvalue weighted by Gasteiger charge is 2.23. The van der Waals surface area contributed by atoms with Crippen molar-refractivity contribution in [1.82, 2.24) is 5.32 Å². The molecule has 0 radical (unpaired) electrons. The Bertz CT molecular complexity index is 921. The minimum Gasteiger partial charge on any atom is -0.462 e. The van der Waals surface area contributed by atoms with Crippen LogP contribution in [0.1, 0.15) is 181 Å². The molecule has 0 aliphatic heterocycles. The third-order valence-corrected chi connectivity index (χ3v) is 8.99. The fraction of sp³-hybridized carbons (Fsp3) is 0.727. The Hall–Kier alpha value is -2.44. The monoisotopic (exact) mass is 700 g/mol. The van der Waals surface area contributed by atoms with E-state index in [4.69, 9.17) is 4.74 Å². The smallest absolute Gasteiger partial charge is 0.306 e. The van der Waals surface area contributed by atoms with Crippen LogP contribution in [0.2, 0.25) is 0 Å². The maximum atomic E-state index is 13.0. The summed E-state index contributed by atoms with van der Waals surface area (Å²) >= 11 is 0. The van der Waals surface area contributed by atoms with Gasteiger partial charge in [0.1, 0.15) is 6.10 Å². The summed E-state index contributed by atoms with van der Waals surface area (Å²) in [5.41, 5.74) is 0. The van der Waals surface area contributed by atoms with Crippen molar-refractivity contribution >= 4 is 11.9 Å². The molecule has 0 heterocycles. The number of rotatable bonds is 35. The number of hydrogen-bond donors (Lipinski definition) is 3. The second-order valence-corrected chi connectivity index (χ2v) is 13.8. The van der Waals surface area contributed by atoms with Gasteiger partial charge < -0.3 is 20.3 Å². The van der Waals surface area contributed by atoms with E-state index in [2.05, 4.69) is 38.2 Å². The van der Waals surface area contributed by atoms with Crippen molar-refractivity contribution in [2.45, 2.75) is 200 Å². The molecule has 288 valence electrons. The van der Waals surface area contributed by atoms with Gasteiger partial charge in [-0.25, -0.2) is 0 Å². The number of nitrogens with one attached hydrogen (secondary N) is 1. The van der Waals surface area contributed by atoms with Gasteiger partial charge in [-0.1, -0.05) is 191 Å². The summed E-state index contributed by atoms with van der Waals surface area (Å²) in [5, 5.41) is 23.5. The average molecular weight is 700 g/mol. The van der Waals surface area contributed by atoms with E-state index in [9.17, 15) is 19.8 Å². The minimum absolute atomic E-state index is 0.0279. The Morgan fingerprint density at radius 1 is 0.600 bits per heavy atom. The maximum Gasteiger partial charge on any atom is 0.306 e. The molecule has 6 heteroatoms. The number of aliphatic hydroxyl groups excluding tert-OH is 2. The van der Waals surface area contributed by atoms with Gasteiger partial charge in [-0.3, -0.25) is 9.59 Å². The molecule has 0 aliphatic carbocycles. The lowest BCUT2D eigenvalue weighted by Gasteiger charge is -2.24. The van der Waals surface area contributed by atoms with E-state index in [1.165, 1.54) is 77.0 Å². The highest BCUT2D eigenvalue weighted by atomic mass is 16.5. The topological polar surface area (TPSA) is 95.9 Å². The molecule has 0 saturated heterocycles. The Labute approximate surface area is 308 Å². The number of carbonyl (C=O) groups is 2. The van der Waals surface area contributed by atoms with Crippen molar-refractivity contribution in [2.24, 2.45) is 0 Å². The Morgan fingerprint density at radius 2 is 1.08 bits per heavy atom. The molecule has 1 amide bonds. The first-order valence-corrected chi connectivity index (χ1v) is 20.6. The quantitative estimate of drug-likeness (QED) is 0.0348. The standard InChI is InChI=1S/C44H77NO5/c1-4-7-10-13-16-19-20-21-22-25-26-29-32-35-40(50-44(49)37-34-31-28-24-18-15-12-9-6-3)38-43(48)45-41(39-46)42(47)36-33-30-27-23-17-14-11-8-5-2/h7,10,13,16,19-22,25-26,40-42,46-47H,4-6,8-9,11-12,14-15,17-18,23-24,27-39H2,1-3H3,(H,45,48)/b10-7+,16-13+,20-19-,22-21-,26-25+. The van der Waals surface area contributed by atoms with Crippen molar-refractivity contribution in [2.75, 3.05) is 6.61 Å². The van der Waals surface area contributed by atoms with Gasteiger partial charge in [0, 0.05) is 6.42 Å². The fourth-order valence-corrected chi connectivity index (χ4v) is 5.87. The summed E-state index contributed by atoms with van der Waals surface area (Å²) < 4.78 is 5.83. The lowest BCUT2D eigenvalue weighted by atomic mass is 10.0. The van der Waals surface area contributed by atoms with Crippen LogP contribution in [0.4, 0.5) is 0 Å². The van der Waals surface area contributed by atoms with Gasteiger partial charge in [0.05, 0.1) is 25.2 Å². The molecule has 6 nitrogen and oxygen atoms in total. The zero-order valence-corrected chi connectivity index (χ0v) is 32.5. The first-order chi connectivity index (χ1) is 24.5. The van der Waals surface area contributed by atoms with Crippen LogP contribution in [0.25, 0.3) is 0 Å². The number of amides is 1. The van der Waals surface area contributed by atoms with Crippen LogP contribution in [0.15, 0.2) is 60.8 Å². The average Bonchev–Trinajstić information content (AvgIpc) is 3.10. The third kappa shape index (κ3) is 32.7. The highest BCUT2D eigenvalue weighted by molar-refractivity contribution is 5.77. The second kappa shape index (κ2) is 37.8. The summed E-state index contributed by atoms with van der Waals surface area (Å²) in [6.45, 7) is 6.24. The SMILES string of the molecule is CC/C=C/C=C/C=C\C=C/C=C/CCCC(CC(=O)NC(CO)C(O)CCCCCCCCCCC)OC(=O)CCCCCCCCCCC. The lowest BCUT2D eigenvalue weighted by molar-refractivity contribution is -0.151. The molecule has 0 bridgehead atoms. The summed E-state index contributed by atoms with van der Waals surface area (Å²) in [7, 11) is 0. The molecule has 3 atom stereocenters. The molecule has 0 rings (SSSR count). The fourth-order valence-electron chi connectivity index (χ4n) is 5.87. The van der Waals surface area contributed by atoms with Crippen LogP contribution in [0.3, 0.4) is 0 Å². The maximum absolute atomic E-state index is 13.0. The Morgan fingerprint density at radius 3 is 1.60 bits per heavy atom. The summed E-state index contributed by atoms with van der Waals surface area (Å²) in [5.74, 6) is -0.556. The summed E-state index contributed by atoms with van der Waals surface area (Å²) in [4.78, 5) is 25.8. The van der Waals surface area contributed by atoms with Gasteiger partial charge in [-0.15, -0.1) is 0 Å². The molecular formula is C44H77NO5. The Balaban J connectivity index is 4.78. The van der Waals surface area contributed by atoms with Crippen LogP contribution in [-0.2, 0) is 14.3 Å². The summed E-state index contributed by atoms with van der Waals surface area (Å²) in [6, 6.07) is -0.720. The van der Waals surface area contributed by atoms with E-state index in [0.717, 1.165) is 57.8 Å². The van der Waals surface area contributed by atoms with Crippen molar-refractivity contribution in [3.8, 4) is 0 Å². The molecule has 3 N–H and O–H groups in total. The molecule has 0 aromatic heterocycles. The van der Waals surface area contributed by atoms with Crippen molar-refractivity contribution in [1.29, 1.82) is 0 Å². The predicted molar refractivity (Wildman–Crippen MR) is 213 cm³/mol. The van der Waals surface area contributed by atoms with Crippen molar-refractivity contribution in [3.63, 3.8) is 0 Å². The third-order valence-electron chi connectivity index (χ3n) is 8.99. The number of allylic oxidation sites excluding steroid dienone is 10. The number of unbranched alkanes of at least 4 members (excludes halogenated alkanes) is 17. The molecule has 50 heavy (non-hydrogen) atoms. The van der Waals surface area contributed by atoms with Crippen LogP contribution < -0.4 is 5.32 Å². The lowest BCUT2D eigenvalue weighted by Crippen LogP contribution is -2.46. The van der Waals surface area contributed by atoms with Crippen LogP contribution in [0, 0.1) is 0 Å². The molecule has 0 fully saturated rings. The van der Waals surface area contributed by atoms with Crippen molar-refractivity contribution < 1.29 is 24.5 Å². The minimum atomic E-state index is -0.803. The van der Waals surface area contributed by atoms with E-state index in [-0.39, 0.29) is 24.9 Å². The van der Waals surface area contributed by atoms with Crippen LogP contribution in [0.5, 0.6) is 0 Å². The van der Waals surface area contributed by atoms with Gasteiger partial charge in [-0.05, 0) is 38.5 Å². The van der Waals surface area contributed by atoms with Gasteiger partial charge in [0.15, 0.2) is 0 Å². The number of carbonyl (C=O) groups excluding carboxylic acids is 2. The van der Waals surface area contributed by atoms with Crippen LogP contribution >= 0.6 is 0 Å². The van der Waals surface area contributed by atoms with Gasteiger partial charge in [0.2, 0.25) is 5.91 Å². The zero-order valence-electron chi connectivity index (χ0n) is 32.5. The normalized spacial score (nSPS) is 14.1. The van der Waals surface area contributed by atoms with Crippen LogP contribution in [-0.4, -0.2) is 46.9 Å². The molecule has 0 saturated carbocycles. The van der Waals surface area contributed by atoms with Crippen molar-refractivity contribution in [3.05, 3.63) is 60.8 Å². The van der Waals surface area contributed by atoms with E-state index in [1.807, 2.05) is 48.6 Å². The largest absolute Gasteiger partial charge is 0.462 e. The predicted octanol–water partition coefficient (Wildman–Crippen LogP) is 11.3. The van der Waals surface area contributed by atoms with E-state index >= 15 is 0 Å². The van der Waals surface area contributed by atoms with Gasteiger partial charge >= 0.3 is 5.97 Å². The van der Waals surface area contributed by atoms with E-state index in [0.29, 0.717) is 19.3 Å². The summed E-state index contributed by atoms with van der Waals surface area (Å²) in [6.07, 6.45) is 44.3. The highest BCUT2D eigenvalue weighted by Crippen LogP contribution is 2.16. The molecule has 3 unspecified atom stereocenters. The number of aliphatic hydroxyl groups is 2. The second-order valence-electron chi connectivity index (χ2n) is 13.8. The molecule has 0 aromatic rings. The molecule has 0 spiro atoms. The van der Waals surface area contributed by atoms with E-state index < -0.39 is 18.2 Å². The molecular weight excluding hydrogens is 622 g/mol. The van der Waals surface area contributed by atoms with Gasteiger partial charge in [-0.2, -0.15) is 0 Å². The zero-order chi connectivity index (χ0) is 36.8. The first kappa shape index (κ1) is 47.6. The number of esters is 1. The molecule has 0 aliphatic rings.